The fourth-order valence-corrected chi connectivity index (χ4v) is 8.13. The van der Waals surface area contributed by atoms with Gasteiger partial charge in [0.1, 0.15) is 16.1 Å². The molecule has 9 nitrogen and oxygen atoms in total. The monoisotopic (exact) mass is 560 g/mol. The largest absolute Gasteiger partial charge is 0.477 e. The van der Waals surface area contributed by atoms with Crippen LogP contribution in [-0.2, 0) is 25.5 Å². The molecule has 4 heterocycles. The Morgan fingerprint density at radius 3 is 2.75 bits per heavy atom. The second-order valence-corrected chi connectivity index (χ2v) is 12.2. The van der Waals surface area contributed by atoms with E-state index in [-0.39, 0.29) is 18.0 Å². The molecule has 186 valence electrons. The van der Waals surface area contributed by atoms with Crippen LogP contribution in [-0.4, -0.2) is 67.7 Å². The smallest absolute Gasteiger partial charge is 0.352 e. The number of carbonyl (C=O) groups is 3. The lowest BCUT2D eigenvalue weighted by Gasteiger charge is -2.55. The number of carboxylic acid groups (broad SMARTS) is 1. The summed E-state index contributed by atoms with van der Waals surface area (Å²) in [6.45, 7) is 0. The molecule has 1 saturated heterocycles. The number of carbonyl (C=O) groups excluding carboxylic acids is 2. The van der Waals surface area contributed by atoms with Gasteiger partial charge in [0.2, 0.25) is 5.91 Å². The summed E-state index contributed by atoms with van der Waals surface area (Å²) in [4.78, 5) is 40.2. The number of aromatic nitrogens is 2. The third-order valence-corrected chi connectivity index (χ3v) is 10.1. The predicted octanol–water partition coefficient (Wildman–Crippen LogP) is 3.31. The van der Waals surface area contributed by atoms with Gasteiger partial charge in [-0.1, -0.05) is 59.5 Å². The van der Waals surface area contributed by atoms with Gasteiger partial charge in [-0.3, -0.25) is 14.5 Å². The molecule has 13 heteroatoms. The molecule has 0 bridgehead atoms. The zero-order chi connectivity index (χ0) is 25.3. The molecule has 0 aliphatic carbocycles. The van der Waals surface area contributed by atoms with Crippen LogP contribution in [0.1, 0.15) is 4.88 Å². The summed E-state index contributed by atoms with van der Waals surface area (Å²) in [7, 11) is 1.34. The van der Waals surface area contributed by atoms with E-state index in [2.05, 4.69) is 15.5 Å². The molecule has 1 aromatic carbocycles. The lowest BCUT2D eigenvalue weighted by molar-refractivity contribution is -0.192. The third kappa shape index (κ3) is 4.57. The van der Waals surface area contributed by atoms with Gasteiger partial charge in [-0.25, -0.2) is 4.79 Å². The van der Waals surface area contributed by atoms with Crippen LogP contribution in [0.2, 0.25) is 0 Å². The van der Waals surface area contributed by atoms with Crippen molar-refractivity contribution in [3.05, 3.63) is 64.0 Å². The lowest BCUT2D eigenvalue weighted by Crippen LogP contribution is -2.80. The molecule has 0 radical (unpaired) electrons. The molecule has 2 aliphatic rings. The van der Waals surface area contributed by atoms with E-state index >= 15 is 0 Å². The first-order valence-corrected chi connectivity index (χ1v) is 14.5. The molecule has 1 fully saturated rings. The second-order valence-electron chi connectivity index (χ2n) is 7.87. The molecule has 36 heavy (non-hydrogen) atoms. The van der Waals surface area contributed by atoms with Gasteiger partial charge < -0.3 is 15.2 Å². The fraction of sp³-hybridized carbons (Fsp3) is 0.261. The lowest BCUT2D eigenvalue weighted by atomic mass is 9.98. The number of nitrogens with one attached hydrogen (secondary N) is 1. The molecule has 5 rings (SSSR count). The standard InChI is InChI=1S/C23H20N4O5S4/c1-32-23(24-16(28)10-15-8-5-9-33-15)20(31)27-17(19(29)30)14(11-34-21(23)27)12-35-22-26-25-18(36-22)13-6-3-2-4-7-13/h2-9,21H,10-12H2,1H3,(H,24,28)(H,29,30)/t21-,23?/m1/s1. The van der Waals surface area contributed by atoms with Gasteiger partial charge in [-0.2, -0.15) is 0 Å². The number of β-lactam (4-membered cyclic amide) rings is 1. The maximum Gasteiger partial charge on any atom is 0.352 e. The quantitative estimate of drug-likeness (QED) is 0.231. The highest BCUT2D eigenvalue weighted by Crippen LogP contribution is 2.47. The Morgan fingerprint density at radius 1 is 1.25 bits per heavy atom. The molecule has 2 aliphatic heterocycles. The summed E-state index contributed by atoms with van der Waals surface area (Å²) in [5, 5.41) is 23.1. The molecule has 1 unspecified atom stereocenters. The number of carboxylic acids is 1. The Labute approximate surface area is 222 Å². The van der Waals surface area contributed by atoms with E-state index in [1.165, 1.54) is 58.2 Å². The van der Waals surface area contributed by atoms with Gasteiger partial charge in [0.05, 0.1) is 6.42 Å². The highest BCUT2D eigenvalue weighted by Gasteiger charge is 2.66. The Hall–Kier alpha value is -2.71. The van der Waals surface area contributed by atoms with Crippen molar-refractivity contribution in [2.24, 2.45) is 0 Å². The Morgan fingerprint density at radius 2 is 2.06 bits per heavy atom. The zero-order valence-corrected chi connectivity index (χ0v) is 22.1. The highest BCUT2D eigenvalue weighted by atomic mass is 32.2. The first-order chi connectivity index (χ1) is 17.4. The number of aliphatic carboxylic acids is 1. The van der Waals surface area contributed by atoms with Crippen molar-refractivity contribution >= 4 is 64.0 Å². The van der Waals surface area contributed by atoms with Crippen molar-refractivity contribution < 1.29 is 24.2 Å². The van der Waals surface area contributed by atoms with Crippen LogP contribution in [0.15, 0.2) is 63.5 Å². The number of thioether (sulfide) groups is 2. The highest BCUT2D eigenvalue weighted by molar-refractivity contribution is 8.02. The van der Waals surface area contributed by atoms with Crippen molar-refractivity contribution in [3.63, 3.8) is 0 Å². The second kappa shape index (κ2) is 10.3. The normalized spacial score (nSPS) is 21.2. The number of nitrogens with zero attached hydrogens (tertiary/aromatic N) is 3. The van der Waals surface area contributed by atoms with E-state index in [4.69, 9.17) is 4.74 Å². The maximum absolute atomic E-state index is 13.2. The van der Waals surface area contributed by atoms with E-state index in [1.807, 2.05) is 47.8 Å². The average Bonchev–Trinajstić information content (AvgIpc) is 3.58. The summed E-state index contributed by atoms with van der Waals surface area (Å²) in [6.07, 6.45) is 0.115. The number of hydrogen-bond acceptors (Lipinski definition) is 10. The number of hydrogen-bond donors (Lipinski definition) is 2. The number of methoxy groups -OCH3 is 1. The van der Waals surface area contributed by atoms with Crippen LogP contribution in [0.5, 0.6) is 0 Å². The summed E-state index contributed by atoms with van der Waals surface area (Å²) >= 11 is 5.62. The average molecular weight is 561 g/mol. The summed E-state index contributed by atoms with van der Waals surface area (Å²) < 4.78 is 6.21. The predicted molar refractivity (Wildman–Crippen MR) is 140 cm³/mol. The Balaban J connectivity index is 1.31. The molecular weight excluding hydrogens is 541 g/mol. The van der Waals surface area contributed by atoms with E-state index in [1.54, 1.807) is 0 Å². The molecule has 2 atom stereocenters. The van der Waals surface area contributed by atoms with Crippen LogP contribution < -0.4 is 5.32 Å². The van der Waals surface area contributed by atoms with Crippen molar-refractivity contribution in [1.82, 2.24) is 20.4 Å². The van der Waals surface area contributed by atoms with Gasteiger partial charge in [-0.15, -0.1) is 33.3 Å². The number of thiophene rings is 1. The van der Waals surface area contributed by atoms with Gasteiger partial charge >= 0.3 is 5.97 Å². The third-order valence-electron chi connectivity index (χ3n) is 5.67. The maximum atomic E-state index is 13.2. The number of ether oxygens (including phenoxy) is 1. The van der Waals surface area contributed by atoms with Gasteiger partial charge in [0.15, 0.2) is 4.34 Å². The van der Waals surface area contributed by atoms with Crippen LogP contribution in [0.3, 0.4) is 0 Å². The van der Waals surface area contributed by atoms with Crippen LogP contribution >= 0.6 is 46.2 Å². The van der Waals surface area contributed by atoms with Gasteiger partial charge in [0.25, 0.3) is 11.6 Å². The molecule has 2 aromatic heterocycles. The van der Waals surface area contributed by atoms with Crippen molar-refractivity contribution in [1.29, 1.82) is 0 Å². The molecule has 0 spiro atoms. The van der Waals surface area contributed by atoms with E-state index in [0.717, 1.165) is 15.4 Å². The molecule has 3 aromatic rings. The Kier molecular flexibility index (Phi) is 7.17. The SMILES string of the molecule is COC1(NC(=O)Cc2cccs2)C(=O)N2C(C(=O)O)=C(CSc3nnc(-c4ccccc4)s3)CS[C@@H]21. The topological polar surface area (TPSA) is 122 Å². The summed E-state index contributed by atoms with van der Waals surface area (Å²) in [5.74, 6) is -1.43. The van der Waals surface area contributed by atoms with E-state index < -0.39 is 23.0 Å². The van der Waals surface area contributed by atoms with Crippen LogP contribution in [0.25, 0.3) is 10.6 Å². The Bertz CT molecular complexity index is 1330. The van der Waals surface area contributed by atoms with E-state index in [0.29, 0.717) is 21.4 Å². The van der Waals surface area contributed by atoms with Gasteiger partial charge in [-0.05, 0) is 17.0 Å². The van der Waals surface area contributed by atoms with Crippen molar-refractivity contribution in [2.75, 3.05) is 18.6 Å². The van der Waals surface area contributed by atoms with Gasteiger partial charge in [0, 0.05) is 29.1 Å². The first kappa shape index (κ1) is 25.0. The number of rotatable bonds is 9. The van der Waals surface area contributed by atoms with Crippen LogP contribution in [0, 0.1) is 0 Å². The number of fused-ring (bicyclic) bond motifs is 1. The van der Waals surface area contributed by atoms with E-state index in [9.17, 15) is 19.5 Å². The van der Waals surface area contributed by atoms with Crippen molar-refractivity contribution in [2.45, 2.75) is 21.9 Å². The zero-order valence-electron chi connectivity index (χ0n) is 18.9. The molecule has 2 N–H and O–H groups in total. The minimum absolute atomic E-state index is 0.0655. The molecule has 2 amide bonds. The number of benzene rings is 1. The fourth-order valence-electron chi connectivity index (χ4n) is 3.99. The van der Waals surface area contributed by atoms with Crippen molar-refractivity contribution in [3.8, 4) is 10.6 Å². The minimum Gasteiger partial charge on any atom is -0.477 e. The van der Waals surface area contributed by atoms with Crippen LogP contribution in [0.4, 0.5) is 0 Å². The molecule has 0 saturated carbocycles. The summed E-state index contributed by atoms with van der Waals surface area (Å²) in [5.41, 5.74) is -0.0914. The first-order valence-electron chi connectivity index (χ1n) is 10.7. The minimum atomic E-state index is -1.60. The number of amides is 2. The molecular formula is C23H20N4O5S4. The summed E-state index contributed by atoms with van der Waals surface area (Å²) in [6, 6.07) is 13.4.